The minimum absolute atomic E-state index is 0.175. The van der Waals surface area contributed by atoms with E-state index >= 15 is 0 Å². The van der Waals surface area contributed by atoms with Gasteiger partial charge in [-0.1, -0.05) is 0 Å². The number of rotatable bonds is 1. The molecule has 17 heavy (non-hydrogen) atoms. The second-order valence-electron chi connectivity index (χ2n) is 4.55. The summed E-state index contributed by atoms with van der Waals surface area (Å²) < 4.78 is 14.0. The zero-order chi connectivity index (χ0) is 11.8. The molecule has 1 fully saturated rings. The van der Waals surface area contributed by atoms with Crippen LogP contribution in [0, 0.1) is 5.82 Å². The second-order valence-corrected chi connectivity index (χ2v) is 4.55. The van der Waals surface area contributed by atoms with E-state index in [9.17, 15) is 4.39 Å². The van der Waals surface area contributed by atoms with Crippen molar-refractivity contribution in [2.75, 3.05) is 38.1 Å². The molecule has 0 saturated carbocycles. The molecule has 1 aromatic heterocycles. The summed E-state index contributed by atoms with van der Waals surface area (Å²) in [5.41, 5.74) is 1.44. The van der Waals surface area contributed by atoms with Crippen LogP contribution in [-0.2, 0) is 0 Å². The van der Waals surface area contributed by atoms with Crippen molar-refractivity contribution in [1.29, 1.82) is 0 Å². The monoisotopic (exact) mass is 234 g/mol. The van der Waals surface area contributed by atoms with E-state index in [1.54, 1.807) is 6.20 Å². The molecule has 0 spiro atoms. The molecule has 90 valence electrons. The number of piperazine rings is 1. The third kappa shape index (κ3) is 1.86. The first-order valence-electron chi connectivity index (χ1n) is 5.80. The Morgan fingerprint density at radius 3 is 2.76 bits per heavy atom. The molecular weight excluding hydrogens is 219 g/mol. The van der Waals surface area contributed by atoms with Gasteiger partial charge in [-0.25, -0.2) is 4.39 Å². The zero-order valence-electron chi connectivity index (χ0n) is 9.78. The Hall–Kier alpha value is -1.62. The highest BCUT2D eigenvalue weighted by molar-refractivity contribution is 5.82. The maximum Gasteiger partial charge on any atom is 0.148 e. The Bertz CT molecular complexity index is 528. The van der Waals surface area contributed by atoms with Gasteiger partial charge in [0.2, 0.25) is 0 Å². The minimum Gasteiger partial charge on any atom is -0.367 e. The fraction of sp³-hybridized carbons (Fsp3) is 0.417. The maximum absolute atomic E-state index is 14.0. The van der Waals surface area contributed by atoms with Crippen molar-refractivity contribution in [3.8, 4) is 0 Å². The molecule has 1 saturated heterocycles. The first-order valence-corrected chi connectivity index (χ1v) is 5.80. The van der Waals surface area contributed by atoms with Crippen molar-refractivity contribution in [3.05, 3.63) is 24.1 Å². The Morgan fingerprint density at radius 1 is 1.24 bits per heavy atom. The average Bonchev–Trinajstić information content (AvgIpc) is 2.76. The summed E-state index contributed by atoms with van der Waals surface area (Å²) >= 11 is 0. The molecule has 0 bridgehead atoms. The van der Waals surface area contributed by atoms with Crippen LogP contribution in [0.2, 0.25) is 0 Å². The molecule has 1 aromatic carbocycles. The Balaban J connectivity index is 1.96. The highest BCUT2D eigenvalue weighted by Crippen LogP contribution is 2.25. The van der Waals surface area contributed by atoms with E-state index in [-0.39, 0.29) is 5.82 Å². The summed E-state index contributed by atoms with van der Waals surface area (Å²) in [4.78, 5) is 4.35. The predicted octanol–water partition coefficient (Wildman–Crippen LogP) is 1.45. The summed E-state index contributed by atoms with van der Waals surface area (Å²) in [6, 6.07) is 3.40. The molecule has 0 unspecified atom stereocenters. The highest BCUT2D eigenvalue weighted by Gasteiger charge is 2.18. The Labute approximate surface area is 99.0 Å². The minimum atomic E-state index is -0.175. The number of aromatic amines is 1. The zero-order valence-corrected chi connectivity index (χ0v) is 9.78. The van der Waals surface area contributed by atoms with Crippen LogP contribution in [0.15, 0.2) is 18.3 Å². The molecule has 1 aliphatic heterocycles. The molecule has 4 nitrogen and oxygen atoms in total. The van der Waals surface area contributed by atoms with Gasteiger partial charge in [-0.15, -0.1) is 0 Å². The van der Waals surface area contributed by atoms with E-state index in [1.807, 2.05) is 6.07 Å². The number of nitrogens with one attached hydrogen (secondary N) is 1. The molecule has 2 aromatic rings. The molecule has 1 N–H and O–H groups in total. The van der Waals surface area contributed by atoms with Crippen molar-refractivity contribution in [1.82, 2.24) is 15.1 Å². The summed E-state index contributed by atoms with van der Waals surface area (Å²) in [6.07, 6.45) is 1.73. The number of likely N-dealkylation sites (N-methyl/N-ethyl adjacent to an activating group) is 1. The van der Waals surface area contributed by atoms with Gasteiger partial charge in [-0.05, 0) is 13.1 Å². The van der Waals surface area contributed by atoms with E-state index in [1.165, 1.54) is 6.07 Å². The number of halogens is 1. The van der Waals surface area contributed by atoms with E-state index in [2.05, 4.69) is 27.0 Å². The van der Waals surface area contributed by atoms with Gasteiger partial charge in [0.25, 0.3) is 0 Å². The fourth-order valence-electron chi connectivity index (χ4n) is 2.24. The van der Waals surface area contributed by atoms with Crippen LogP contribution in [0.25, 0.3) is 10.9 Å². The second kappa shape index (κ2) is 4.00. The standard InChI is InChI=1S/C12H15FN4/c1-16-2-4-17(5-3-16)12-6-9-8-14-15-11(9)7-10(12)13/h6-8H,2-5H2,1H3,(H,14,15). The topological polar surface area (TPSA) is 35.2 Å². The summed E-state index contributed by atoms with van der Waals surface area (Å²) in [7, 11) is 2.09. The van der Waals surface area contributed by atoms with Crippen molar-refractivity contribution >= 4 is 16.6 Å². The molecule has 2 heterocycles. The number of hydrogen-bond acceptors (Lipinski definition) is 3. The summed E-state index contributed by atoms with van der Waals surface area (Å²) in [5, 5.41) is 7.66. The van der Waals surface area contributed by atoms with Crippen molar-refractivity contribution in [2.45, 2.75) is 0 Å². The largest absolute Gasteiger partial charge is 0.367 e. The molecule has 0 aliphatic carbocycles. The lowest BCUT2D eigenvalue weighted by molar-refractivity contribution is 0.312. The quantitative estimate of drug-likeness (QED) is 0.811. The fourth-order valence-corrected chi connectivity index (χ4v) is 2.24. The number of hydrogen-bond donors (Lipinski definition) is 1. The van der Waals surface area contributed by atoms with Crippen LogP contribution in [0.3, 0.4) is 0 Å². The van der Waals surface area contributed by atoms with E-state index in [0.717, 1.165) is 37.1 Å². The molecular formula is C12H15FN4. The van der Waals surface area contributed by atoms with Crippen LogP contribution < -0.4 is 4.90 Å². The number of nitrogens with zero attached hydrogens (tertiary/aromatic N) is 3. The number of anilines is 1. The van der Waals surface area contributed by atoms with Crippen LogP contribution in [-0.4, -0.2) is 48.3 Å². The number of fused-ring (bicyclic) bond motifs is 1. The van der Waals surface area contributed by atoms with Gasteiger partial charge in [-0.2, -0.15) is 5.10 Å². The van der Waals surface area contributed by atoms with Crippen LogP contribution in [0.1, 0.15) is 0 Å². The van der Waals surface area contributed by atoms with Crippen LogP contribution >= 0.6 is 0 Å². The highest BCUT2D eigenvalue weighted by atomic mass is 19.1. The first-order chi connectivity index (χ1) is 8.24. The van der Waals surface area contributed by atoms with Crippen molar-refractivity contribution < 1.29 is 4.39 Å². The van der Waals surface area contributed by atoms with Gasteiger partial charge in [0, 0.05) is 37.6 Å². The van der Waals surface area contributed by atoms with Gasteiger partial charge < -0.3 is 9.80 Å². The maximum atomic E-state index is 14.0. The Morgan fingerprint density at radius 2 is 2.00 bits per heavy atom. The third-order valence-corrected chi connectivity index (χ3v) is 3.35. The lowest BCUT2D eigenvalue weighted by Gasteiger charge is -2.34. The van der Waals surface area contributed by atoms with E-state index in [4.69, 9.17) is 0 Å². The van der Waals surface area contributed by atoms with Crippen LogP contribution in [0.4, 0.5) is 10.1 Å². The van der Waals surface area contributed by atoms with E-state index < -0.39 is 0 Å². The van der Waals surface area contributed by atoms with Gasteiger partial charge in [0.05, 0.1) is 17.4 Å². The van der Waals surface area contributed by atoms with Gasteiger partial charge >= 0.3 is 0 Å². The lowest BCUT2D eigenvalue weighted by atomic mass is 10.2. The predicted molar refractivity (Wildman–Crippen MR) is 65.8 cm³/mol. The molecule has 0 atom stereocenters. The number of H-pyrrole nitrogens is 1. The van der Waals surface area contributed by atoms with Crippen molar-refractivity contribution in [2.24, 2.45) is 0 Å². The number of benzene rings is 1. The molecule has 0 amide bonds. The molecule has 5 heteroatoms. The first kappa shape index (κ1) is 10.5. The van der Waals surface area contributed by atoms with Gasteiger partial charge in [0.1, 0.15) is 5.82 Å². The van der Waals surface area contributed by atoms with Crippen LogP contribution in [0.5, 0.6) is 0 Å². The SMILES string of the molecule is CN1CCN(c2cc3cn[nH]c3cc2F)CC1. The third-order valence-electron chi connectivity index (χ3n) is 3.35. The summed E-state index contributed by atoms with van der Waals surface area (Å²) in [6.45, 7) is 3.69. The molecule has 3 rings (SSSR count). The van der Waals surface area contributed by atoms with Crippen molar-refractivity contribution in [3.63, 3.8) is 0 Å². The smallest absolute Gasteiger partial charge is 0.148 e. The normalized spacial score (nSPS) is 17.9. The van der Waals surface area contributed by atoms with E-state index in [0.29, 0.717) is 5.69 Å². The lowest BCUT2D eigenvalue weighted by Crippen LogP contribution is -2.44. The summed E-state index contributed by atoms with van der Waals surface area (Å²) in [5.74, 6) is -0.175. The average molecular weight is 234 g/mol. The molecule has 0 radical (unpaired) electrons. The van der Waals surface area contributed by atoms with Gasteiger partial charge in [-0.3, -0.25) is 5.10 Å². The van der Waals surface area contributed by atoms with Gasteiger partial charge in [0.15, 0.2) is 0 Å². The Kier molecular flexibility index (Phi) is 2.48. The molecule has 1 aliphatic rings. The number of aromatic nitrogens is 2.